The average Bonchev–Trinajstić information content (AvgIpc) is 3.46. The van der Waals surface area contributed by atoms with Crippen LogP contribution < -0.4 is 14.8 Å². The van der Waals surface area contributed by atoms with Gasteiger partial charge in [0.05, 0.1) is 17.7 Å². The fourth-order valence-electron chi connectivity index (χ4n) is 3.14. The van der Waals surface area contributed by atoms with Crippen molar-refractivity contribution >= 4 is 34.0 Å². The van der Waals surface area contributed by atoms with Gasteiger partial charge in [0.15, 0.2) is 5.82 Å². The molecule has 0 aliphatic heterocycles. The fourth-order valence-corrected chi connectivity index (χ4v) is 4.26. The zero-order valence-electron chi connectivity index (χ0n) is 15.7. The van der Waals surface area contributed by atoms with Gasteiger partial charge in [0.1, 0.15) is 21.8 Å². The van der Waals surface area contributed by atoms with E-state index in [0.29, 0.717) is 37.6 Å². The number of nitrogens with zero attached hydrogens (tertiary/aromatic N) is 3. The standard InChI is InChI=1S/C22H14ClN3O3S/c1-28-17-9-5-3-7-15(17)20-24-22-26(25-20)21(27)19(30-22)12-13-10-11-18(29-13)14-6-2-4-8-16(14)23/h2-12H,1H3. The Hall–Kier alpha value is -3.42. The van der Waals surface area contributed by atoms with E-state index >= 15 is 0 Å². The molecule has 0 aliphatic rings. The van der Waals surface area contributed by atoms with Gasteiger partial charge in [0.2, 0.25) is 4.96 Å². The summed E-state index contributed by atoms with van der Waals surface area (Å²) in [6.45, 7) is 0. The second-order valence-corrected chi connectivity index (χ2v) is 7.84. The summed E-state index contributed by atoms with van der Waals surface area (Å²) in [5.41, 5.74) is 1.28. The van der Waals surface area contributed by atoms with Crippen molar-refractivity contribution in [2.24, 2.45) is 0 Å². The highest BCUT2D eigenvalue weighted by Crippen LogP contribution is 2.29. The molecule has 148 valence electrons. The summed E-state index contributed by atoms with van der Waals surface area (Å²) >= 11 is 7.48. The molecular weight excluding hydrogens is 422 g/mol. The minimum Gasteiger partial charge on any atom is -0.496 e. The number of hydrogen-bond acceptors (Lipinski definition) is 6. The number of methoxy groups -OCH3 is 1. The van der Waals surface area contributed by atoms with Gasteiger partial charge >= 0.3 is 0 Å². The van der Waals surface area contributed by atoms with Gasteiger partial charge in [-0.15, -0.1) is 5.10 Å². The molecule has 8 heteroatoms. The van der Waals surface area contributed by atoms with Crippen molar-refractivity contribution < 1.29 is 9.15 Å². The van der Waals surface area contributed by atoms with E-state index in [1.165, 1.54) is 15.9 Å². The molecule has 6 nitrogen and oxygen atoms in total. The first kappa shape index (κ1) is 18.6. The molecule has 0 amide bonds. The van der Waals surface area contributed by atoms with Gasteiger partial charge in [-0.3, -0.25) is 4.79 Å². The minimum absolute atomic E-state index is 0.251. The van der Waals surface area contributed by atoms with E-state index in [2.05, 4.69) is 10.1 Å². The summed E-state index contributed by atoms with van der Waals surface area (Å²) in [7, 11) is 1.59. The van der Waals surface area contributed by atoms with Crippen molar-refractivity contribution in [2.45, 2.75) is 0 Å². The Morgan fingerprint density at radius 1 is 1.07 bits per heavy atom. The second-order valence-electron chi connectivity index (χ2n) is 6.43. The molecule has 0 bridgehead atoms. The quantitative estimate of drug-likeness (QED) is 0.421. The van der Waals surface area contributed by atoms with Crippen LogP contribution in [0.2, 0.25) is 5.02 Å². The van der Waals surface area contributed by atoms with E-state index in [9.17, 15) is 4.79 Å². The largest absolute Gasteiger partial charge is 0.496 e. The Morgan fingerprint density at radius 2 is 1.83 bits per heavy atom. The van der Waals surface area contributed by atoms with Crippen LogP contribution in [0.15, 0.2) is 69.9 Å². The van der Waals surface area contributed by atoms with E-state index in [1.807, 2.05) is 48.5 Å². The predicted octanol–water partition coefficient (Wildman–Crippen LogP) is 4.29. The molecule has 0 saturated carbocycles. The van der Waals surface area contributed by atoms with Crippen molar-refractivity contribution in [1.29, 1.82) is 0 Å². The molecule has 0 radical (unpaired) electrons. The number of aromatic nitrogens is 3. The predicted molar refractivity (Wildman–Crippen MR) is 117 cm³/mol. The lowest BCUT2D eigenvalue weighted by Crippen LogP contribution is -2.23. The number of fused-ring (bicyclic) bond motifs is 1. The lowest BCUT2D eigenvalue weighted by Gasteiger charge is -2.03. The van der Waals surface area contributed by atoms with Crippen LogP contribution in [-0.4, -0.2) is 21.7 Å². The van der Waals surface area contributed by atoms with Gasteiger partial charge in [-0.05, 0) is 36.4 Å². The highest BCUT2D eigenvalue weighted by molar-refractivity contribution is 7.15. The van der Waals surface area contributed by atoms with Crippen LogP contribution in [0.1, 0.15) is 5.76 Å². The molecule has 0 atom stereocenters. The highest BCUT2D eigenvalue weighted by atomic mass is 35.5. The fraction of sp³-hybridized carbons (Fsp3) is 0.0455. The molecule has 0 spiro atoms. The number of rotatable bonds is 4. The highest BCUT2D eigenvalue weighted by Gasteiger charge is 2.15. The third-order valence-corrected chi connectivity index (χ3v) is 5.86. The van der Waals surface area contributed by atoms with Crippen molar-refractivity contribution in [2.75, 3.05) is 7.11 Å². The first-order valence-electron chi connectivity index (χ1n) is 9.03. The SMILES string of the molecule is COc1ccccc1-c1nc2sc(=Cc3ccc(-c4ccccc4Cl)o3)c(=O)n2n1. The Kier molecular flexibility index (Phi) is 4.61. The zero-order valence-corrected chi connectivity index (χ0v) is 17.3. The van der Waals surface area contributed by atoms with Crippen LogP contribution in [0.3, 0.4) is 0 Å². The maximum Gasteiger partial charge on any atom is 0.291 e. The number of halogens is 1. The summed E-state index contributed by atoms with van der Waals surface area (Å²) in [6.07, 6.45) is 1.69. The molecule has 5 rings (SSSR count). The van der Waals surface area contributed by atoms with Crippen LogP contribution in [0.25, 0.3) is 33.7 Å². The van der Waals surface area contributed by atoms with E-state index in [1.54, 1.807) is 25.3 Å². The summed E-state index contributed by atoms with van der Waals surface area (Å²) in [4.78, 5) is 17.8. The first-order chi connectivity index (χ1) is 14.6. The Bertz CT molecular complexity index is 1490. The lowest BCUT2D eigenvalue weighted by molar-refractivity contribution is 0.416. The van der Waals surface area contributed by atoms with Crippen LogP contribution in [-0.2, 0) is 0 Å². The van der Waals surface area contributed by atoms with Crippen LogP contribution in [0.5, 0.6) is 5.75 Å². The summed E-state index contributed by atoms with van der Waals surface area (Å²) in [5, 5.41) is 4.98. The van der Waals surface area contributed by atoms with Crippen LogP contribution in [0.4, 0.5) is 0 Å². The molecule has 0 saturated heterocycles. The summed E-state index contributed by atoms with van der Waals surface area (Å²) in [5.74, 6) is 2.28. The molecule has 3 heterocycles. The van der Waals surface area contributed by atoms with Crippen LogP contribution in [0, 0.1) is 0 Å². The van der Waals surface area contributed by atoms with E-state index < -0.39 is 0 Å². The molecule has 5 aromatic rings. The number of hydrogen-bond donors (Lipinski definition) is 0. The second kappa shape index (κ2) is 7.44. The lowest BCUT2D eigenvalue weighted by atomic mass is 10.2. The number of para-hydroxylation sites is 1. The zero-order chi connectivity index (χ0) is 20.7. The van der Waals surface area contributed by atoms with Gasteiger partial charge in [0, 0.05) is 11.6 Å². The Labute approximate surface area is 179 Å². The van der Waals surface area contributed by atoms with E-state index in [-0.39, 0.29) is 5.56 Å². The van der Waals surface area contributed by atoms with Crippen molar-refractivity contribution in [3.63, 3.8) is 0 Å². The average molecular weight is 436 g/mol. The van der Waals surface area contributed by atoms with Gasteiger partial charge in [-0.2, -0.15) is 9.50 Å². The third kappa shape index (κ3) is 3.18. The smallest absolute Gasteiger partial charge is 0.291 e. The molecule has 0 N–H and O–H groups in total. The number of ether oxygens (including phenoxy) is 1. The maximum atomic E-state index is 12.8. The molecule has 0 unspecified atom stereocenters. The molecule has 2 aromatic carbocycles. The van der Waals surface area contributed by atoms with Gasteiger partial charge < -0.3 is 9.15 Å². The van der Waals surface area contributed by atoms with Gasteiger partial charge in [-0.25, -0.2) is 0 Å². The van der Waals surface area contributed by atoms with Crippen LogP contribution >= 0.6 is 22.9 Å². The maximum absolute atomic E-state index is 12.8. The number of benzene rings is 2. The molecule has 3 aromatic heterocycles. The van der Waals surface area contributed by atoms with E-state index in [4.69, 9.17) is 20.8 Å². The summed E-state index contributed by atoms with van der Waals surface area (Å²) in [6, 6.07) is 18.5. The van der Waals surface area contributed by atoms with Crippen molar-refractivity contribution in [3.05, 3.63) is 86.3 Å². The summed E-state index contributed by atoms with van der Waals surface area (Å²) < 4.78 is 13.0. The Balaban J connectivity index is 1.54. The minimum atomic E-state index is -0.251. The normalized spacial score (nSPS) is 12.0. The van der Waals surface area contributed by atoms with Gasteiger partial charge in [-0.1, -0.05) is 47.2 Å². The molecule has 30 heavy (non-hydrogen) atoms. The number of thiazole rings is 1. The third-order valence-electron chi connectivity index (χ3n) is 4.57. The monoisotopic (exact) mass is 435 g/mol. The Morgan fingerprint density at radius 3 is 2.60 bits per heavy atom. The molecule has 0 fully saturated rings. The van der Waals surface area contributed by atoms with Gasteiger partial charge in [0.25, 0.3) is 5.56 Å². The first-order valence-corrected chi connectivity index (χ1v) is 10.2. The molecular formula is C22H14ClN3O3S. The number of furan rings is 1. The van der Waals surface area contributed by atoms with Crippen molar-refractivity contribution in [1.82, 2.24) is 14.6 Å². The van der Waals surface area contributed by atoms with E-state index in [0.717, 1.165) is 11.1 Å². The topological polar surface area (TPSA) is 69.6 Å². The molecule has 0 aliphatic carbocycles. The van der Waals surface area contributed by atoms with Crippen molar-refractivity contribution in [3.8, 4) is 28.5 Å².